The van der Waals surface area contributed by atoms with E-state index in [0.29, 0.717) is 0 Å². The van der Waals surface area contributed by atoms with Crippen LogP contribution in [0.2, 0.25) is 0 Å². The molecule has 0 aromatic heterocycles. The Morgan fingerprint density at radius 1 is 0.778 bits per heavy atom. The van der Waals surface area contributed by atoms with Crippen LogP contribution < -0.4 is 0 Å². The molecule has 1 heterocycles. The predicted octanol–water partition coefficient (Wildman–Crippen LogP) is 4.30. The summed E-state index contributed by atoms with van der Waals surface area (Å²) in [5.41, 5.74) is 2.81. The smallest absolute Gasteiger partial charge is 0.152 e. The molecule has 0 saturated heterocycles. The highest BCUT2D eigenvalue weighted by atomic mass is 15.2. The number of rotatable bonds is 2. The molecule has 0 aliphatic carbocycles. The molecule has 2 heteroatoms. The maximum absolute atomic E-state index is 4.52. The summed E-state index contributed by atoms with van der Waals surface area (Å²) < 4.78 is 0. The molecule has 0 N–H and O–H groups in total. The summed E-state index contributed by atoms with van der Waals surface area (Å²) in [4.78, 5) is 0. The number of allylic oxidation sites excluding steroid dienone is 1. The maximum atomic E-state index is 4.52. The Morgan fingerprint density at radius 2 is 1.28 bits per heavy atom. The van der Waals surface area contributed by atoms with Crippen LogP contribution in [-0.2, 0) is 5.54 Å². The van der Waals surface area contributed by atoms with Gasteiger partial charge < -0.3 is 0 Å². The van der Waals surface area contributed by atoms with Crippen molar-refractivity contribution in [2.75, 3.05) is 0 Å². The molecule has 0 amide bonds. The molecule has 2 aromatic carbocycles. The van der Waals surface area contributed by atoms with Crippen molar-refractivity contribution in [2.24, 2.45) is 10.2 Å². The highest BCUT2D eigenvalue weighted by molar-refractivity contribution is 5.45. The third-order valence-electron chi connectivity index (χ3n) is 3.21. The summed E-state index contributed by atoms with van der Waals surface area (Å²) in [6.45, 7) is 1.98. The van der Waals surface area contributed by atoms with Gasteiger partial charge >= 0.3 is 0 Å². The van der Waals surface area contributed by atoms with Crippen LogP contribution in [0.15, 0.2) is 82.7 Å². The summed E-state index contributed by atoms with van der Waals surface area (Å²) in [5, 5.41) is 8.75. The zero-order valence-corrected chi connectivity index (χ0v) is 10.2. The van der Waals surface area contributed by atoms with E-state index in [9.17, 15) is 0 Å². The van der Waals surface area contributed by atoms with Gasteiger partial charge in [0.05, 0.1) is 5.70 Å². The van der Waals surface area contributed by atoms with Gasteiger partial charge in [-0.05, 0) is 24.1 Å². The minimum absolute atomic E-state index is 0.452. The van der Waals surface area contributed by atoms with E-state index in [2.05, 4.69) is 40.6 Å². The molecule has 0 bridgehead atoms. The molecule has 0 saturated carbocycles. The molecule has 1 aliphatic heterocycles. The Hall–Kier alpha value is -2.22. The van der Waals surface area contributed by atoms with Crippen molar-refractivity contribution >= 4 is 0 Å². The van der Waals surface area contributed by atoms with E-state index in [4.69, 9.17) is 0 Å². The minimum Gasteiger partial charge on any atom is -0.168 e. The van der Waals surface area contributed by atoms with Crippen LogP contribution in [0.5, 0.6) is 0 Å². The van der Waals surface area contributed by atoms with Gasteiger partial charge in [-0.3, -0.25) is 0 Å². The van der Waals surface area contributed by atoms with Gasteiger partial charge in [0.15, 0.2) is 5.54 Å². The lowest BCUT2D eigenvalue weighted by Gasteiger charge is -2.23. The lowest BCUT2D eigenvalue weighted by atomic mass is 9.83. The fourth-order valence-corrected chi connectivity index (χ4v) is 2.35. The Morgan fingerprint density at radius 3 is 1.67 bits per heavy atom. The van der Waals surface area contributed by atoms with E-state index < -0.39 is 5.54 Å². The molecule has 3 rings (SSSR count). The molecular formula is C16H14N2. The van der Waals surface area contributed by atoms with Gasteiger partial charge in [-0.2, -0.15) is 10.2 Å². The lowest BCUT2D eigenvalue weighted by Crippen LogP contribution is -2.20. The standard InChI is InChI=1S/C16H14N2/c1-13-12-16(18-17-13,14-8-4-2-5-9-14)15-10-6-3-7-11-15/h2-12H,1H3. The molecular weight excluding hydrogens is 220 g/mol. The van der Waals surface area contributed by atoms with Crippen LogP contribution in [0, 0.1) is 0 Å². The Bertz CT molecular complexity index is 558. The number of hydrogen-bond acceptors (Lipinski definition) is 2. The van der Waals surface area contributed by atoms with E-state index in [1.807, 2.05) is 43.3 Å². The quantitative estimate of drug-likeness (QED) is 0.740. The molecule has 0 unspecified atom stereocenters. The third-order valence-corrected chi connectivity index (χ3v) is 3.21. The Kier molecular flexibility index (Phi) is 2.56. The van der Waals surface area contributed by atoms with Gasteiger partial charge in [0.25, 0.3) is 0 Å². The molecule has 0 spiro atoms. The van der Waals surface area contributed by atoms with Crippen molar-refractivity contribution in [3.8, 4) is 0 Å². The molecule has 1 aliphatic rings. The van der Waals surface area contributed by atoms with Crippen molar-refractivity contribution in [3.63, 3.8) is 0 Å². The first kappa shape index (κ1) is 10.9. The molecule has 2 aromatic rings. The van der Waals surface area contributed by atoms with Crippen LogP contribution in [0.4, 0.5) is 0 Å². The lowest BCUT2D eigenvalue weighted by molar-refractivity contribution is 0.670. The topological polar surface area (TPSA) is 24.7 Å². The largest absolute Gasteiger partial charge is 0.168 e. The number of benzene rings is 2. The van der Waals surface area contributed by atoms with Gasteiger partial charge in [0, 0.05) is 0 Å². The summed E-state index contributed by atoms with van der Waals surface area (Å²) >= 11 is 0. The van der Waals surface area contributed by atoms with E-state index >= 15 is 0 Å². The summed E-state index contributed by atoms with van der Waals surface area (Å²) in [6.07, 6.45) is 2.12. The van der Waals surface area contributed by atoms with Crippen LogP contribution in [0.25, 0.3) is 0 Å². The molecule has 0 radical (unpaired) electrons. The number of hydrogen-bond donors (Lipinski definition) is 0. The van der Waals surface area contributed by atoms with Gasteiger partial charge in [0.2, 0.25) is 0 Å². The van der Waals surface area contributed by atoms with E-state index in [0.717, 1.165) is 16.8 Å². The molecule has 0 atom stereocenters. The van der Waals surface area contributed by atoms with E-state index in [-0.39, 0.29) is 0 Å². The van der Waals surface area contributed by atoms with Crippen LogP contribution in [-0.4, -0.2) is 0 Å². The first-order valence-electron chi connectivity index (χ1n) is 6.05. The highest BCUT2D eigenvalue weighted by Gasteiger charge is 2.35. The van der Waals surface area contributed by atoms with Gasteiger partial charge in [0.1, 0.15) is 0 Å². The van der Waals surface area contributed by atoms with E-state index in [1.165, 1.54) is 0 Å². The third kappa shape index (κ3) is 1.66. The van der Waals surface area contributed by atoms with Gasteiger partial charge in [-0.25, -0.2) is 0 Å². The normalized spacial score (nSPS) is 16.6. The van der Waals surface area contributed by atoms with Crippen LogP contribution in [0.3, 0.4) is 0 Å². The van der Waals surface area contributed by atoms with Crippen molar-refractivity contribution in [2.45, 2.75) is 12.5 Å². The van der Waals surface area contributed by atoms with Crippen molar-refractivity contribution in [1.82, 2.24) is 0 Å². The minimum atomic E-state index is -0.452. The Labute approximate surface area is 107 Å². The summed E-state index contributed by atoms with van der Waals surface area (Å²) in [5.74, 6) is 0. The zero-order chi connectivity index (χ0) is 12.4. The molecule has 2 nitrogen and oxygen atoms in total. The van der Waals surface area contributed by atoms with E-state index in [1.54, 1.807) is 0 Å². The second kappa shape index (κ2) is 4.22. The SMILES string of the molecule is CC1=CC(c2ccccc2)(c2ccccc2)N=N1. The Balaban J connectivity index is 2.22. The van der Waals surface area contributed by atoms with Crippen molar-refractivity contribution in [1.29, 1.82) is 0 Å². The second-order valence-electron chi connectivity index (χ2n) is 4.48. The molecule has 18 heavy (non-hydrogen) atoms. The molecule has 88 valence electrons. The maximum Gasteiger partial charge on any atom is 0.152 e. The van der Waals surface area contributed by atoms with Crippen molar-refractivity contribution < 1.29 is 0 Å². The first-order valence-corrected chi connectivity index (χ1v) is 6.05. The van der Waals surface area contributed by atoms with Crippen LogP contribution in [0.1, 0.15) is 18.1 Å². The first-order chi connectivity index (χ1) is 8.81. The van der Waals surface area contributed by atoms with Crippen LogP contribution >= 0.6 is 0 Å². The fourth-order valence-electron chi connectivity index (χ4n) is 2.35. The number of nitrogens with zero attached hydrogens (tertiary/aromatic N) is 2. The average molecular weight is 234 g/mol. The highest BCUT2D eigenvalue weighted by Crippen LogP contribution is 2.40. The average Bonchev–Trinajstić information content (AvgIpc) is 2.84. The number of azo groups is 1. The summed E-state index contributed by atoms with van der Waals surface area (Å²) in [7, 11) is 0. The summed E-state index contributed by atoms with van der Waals surface area (Å²) in [6, 6.07) is 20.6. The van der Waals surface area contributed by atoms with Gasteiger partial charge in [-0.15, -0.1) is 0 Å². The fraction of sp³-hybridized carbons (Fsp3) is 0.125. The van der Waals surface area contributed by atoms with Crippen molar-refractivity contribution in [3.05, 3.63) is 83.6 Å². The molecule has 0 fully saturated rings. The zero-order valence-electron chi connectivity index (χ0n) is 10.2. The van der Waals surface area contributed by atoms with Gasteiger partial charge in [-0.1, -0.05) is 60.7 Å². The second-order valence-corrected chi connectivity index (χ2v) is 4.48. The monoisotopic (exact) mass is 234 g/mol. The predicted molar refractivity (Wildman–Crippen MR) is 72.3 cm³/mol.